The van der Waals surface area contributed by atoms with Crippen LogP contribution in [-0.2, 0) is 16.4 Å². The van der Waals surface area contributed by atoms with Gasteiger partial charge in [-0.25, -0.2) is 8.42 Å². The molecular weight excluding hydrogens is 364 g/mol. The molecule has 1 heterocycles. The zero-order chi connectivity index (χ0) is 14.6. The van der Waals surface area contributed by atoms with E-state index >= 15 is 0 Å². The quantitative estimate of drug-likeness (QED) is 0.870. The lowest BCUT2D eigenvalue weighted by molar-refractivity contribution is 0.600. The molecule has 0 spiro atoms. The molecule has 20 heavy (non-hydrogen) atoms. The van der Waals surface area contributed by atoms with Crippen LogP contribution in [0.15, 0.2) is 47.2 Å². The number of nitrogens with one attached hydrogen (secondary N) is 1. The van der Waals surface area contributed by atoms with E-state index in [-0.39, 0.29) is 5.75 Å². The summed E-state index contributed by atoms with van der Waals surface area (Å²) in [5.74, 6) is 0.00603. The number of pyridine rings is 1. The Hall–Kier alpha value is -1.11. The fourth-order valence-electron chi connectivity index (χ4n) is 1.59. The van der Waals surface area contributed by atoms with Gasteiger partial charge < -0.3 is 0 Å². The number of rotatable bonds is 5. The van der Waals surface area contributed by atoms with Gasteiger partial charge in [-0.3, -0.25) is 9.71 Å². The van der Waals surface area contributed by atoms with Gasteiger partial charge in [-0.2, -0.15) is 0 Å². The summed E-state index contributed by atoms with van der Waals surface area (Å²) in [4.78, 5) is 3.89. The molecule has 0 saturated carbocycles. The molecule has 7 heteroatoms. The number of hydrogen-bond donors (Lipinski definition) is 1. The fraction of sp³-hybridized carbons (Fsp3) is 0.154. The second-order valence-corrected chi connectivity index (χ2v) is 7.28. The lowest BCUT2D eigenvalue weighted by Crippen LogP contribution is -2.18. The van der Waals surface area contributed by atoms with E-state index in [0.717, 1.165) is 5.56 Å². The third kappa shape index (κ3) is 4.47. The average Bonchev–Trinajstić information content (AvgIpc) is 2.41. The summed E-state index contributed by atoms with van der Waals surface area (Å²) in [6, 6.07) is 8.49. The minimum absolute atomic E-state index is 0.00603. The van der Waals surface area contributed by atoms with Gasteiger partial charge in [0.2, 0.25) is 10.0 Å². The molecule has 0 saturated heterocycles. The van der Waals surface area contributed by atoms with E-state index < -0.39 is 10.0 Å². The summed E-state index contributed by atoms with van der Waals surface area (Å²) in [5, 5.41) is 0.539. The summed E-state index contributed by atoms with van der Waals surface area (Å²) in [6.45, 7) is 0. The highest BCUT2D eigenvalue weighted by atomic mass is 79.9. The molecule has 1 N–H and O–H groups in total. The minimum atomic E-state index is -3.41. The molecule has 0 unspecified atom stereocenters. The van der Waals surface area contributed by atoms with Gasteiger partial charge in [-0.15, -0.1) is 0 Å². The van der Waals surface area contributed by atoms with Gasteiger partial charge in [0.25, 0.3) is 0 Å². The second-order valence-electron chi connectivity index (χ2n) is 4.15. The Morgan fingerprint density at radius 1 is 1.20 bits per heavy atom. The standard InChI is InChI=1S/C13H12BrClN2O2S/c14-12-9-11(15)1-2-13(12)17-20(18,19)8-5-10-3-6-16-7-4-10/h1-4,6-7,9,17H,5,8H2. The summed E-state index contributed by atoms with van der Waals surface area (Å²) >= 11 is 9.09. The minimum Gasteiger partial charge on any atom is -0.282 e. The molecule has 0 atom stereocenters. The molecule has 0 amide bonds. The summed E-state index contributed by atoms with van der Waals surface area (Å²) in [5.41, 5.74) is 1.41. The Kier molecular flexibility index (Phi) is 5.01. The fourth-order valence-corrected chi connectivity index (χ4v) is 3.63. The van der Waals surface area contributed by atoms with Crippen LogP contribution in [0.4, 0.5) is 5.69 Å². The number of anilines is 1. The molecule has 2 aromatic rings. The highest BCUT2D eigenvalue weighted by Gasteiger charge is 2.12. The Bertz CT molecular complexity index is 693. The van der Waals surface area contributed by atoms with Crippen molar-refractivity contribution < 1.29 is 8.42 Å². The SMILES string of the molecule is O=S(=O)(CCc1ccncc1)Nc1ccc(Cl)cc1Br. The zero-order valence-electron chi connectivity index (χ0n) is 10.4. The van der Waals surface area contributed by atoms with Crippen molar-refractivity contribution in [3.8, 4) is 0 Å². The van der Waals surface area contributed by atoms with Crippen LogP contribution in [-0.4, -0.2) is 19.2 Å². The lowest BCUT2D eigenvalue weighted by atomic mass is 10.2. The molecule has 0 aliphatic rings. The maximum Gasteiger partial charge on any atom is 0.233 e. The highest BCUT2D eigenvalue weighted by molar-refractivity contribution is 9.10. The van der Waals surface area contributed by atoms with Gasteiger partial charge in [0, 0.05) is 21.9 Å². The van der Waals surface area contributed by atoms with Crippen LogP contribution >= 0.6 is 27.5 Å². The molecule has 0 radical (unpaired) electrons. The third-order valence-corrected chi connectivity index (χ3v) is 4.77. The smallest absolute Gasteiger partial charge is 0.233 e. The summed E-state index contributed by atoms with van der Waals surface area (Å²) in [6.07, 6.45) is 3.72. The number of halogens is 2. The number of hydrogen-bond acceptors (Lipinski definition) is 3. The van der Waals surface area contributed by atoms with Gasteiger partial charge >= 0.3 is 0 Å². The molecule has 0 fully saturated rings. The molecule has 0 aliphatic carbocycles. The molecule has 4 nitrogen and oxygen atoms in total. The number of sulfonamides is 1. The van der Waals surface area contributed by atoms with E-state index in [2.05, 4.69) is 25.6 Å². The van der Waals surface area contributed by atoms with Crippen LogP contribution in [0.25, 0.3) is 0 Å². The molecule has 0 bridgehead atoms. The van der Waals surface area contributed by atoms with E-state index in [1.807, 2.05) is 0 Å². The first-order valence-electron chi connectivity index (χ1n) is 5.81. The van der Waals surface area contributed by atoms with Crippen molar-refractivity contribution in [2.75, 3.05) is 10.5 Å². The molecule has 1 aromatic carbocycles. The normalized spacial score (nSPS) is 11.3. The molecular formula is C13H12BrClN2O2S. The van der Waals surface area contributed by atoms with Gasteiger partial charge in [-0.05, 0) is 58.2 Å². The zero-order valence-corrected chi connectivity index (χ0v) is 13.5. The van der Waals surface area contributed by atoms with Gasteiger partial charge in [0.1, 0.15) is 0 Å². The maximum absolute atomic E-state index is 12.0. The van der Waals surface area contributed by atoms with E-state index in [4.69, 9.17) is 11.6 Å². The van der Waals surface area contributed by atoms with Crippen molar-refractivity contribution >= 4 is 43.2 Å². The van der Waals surface area contributed by atoms with Crippen LogP contribution in [0.2, 0.25) is 5.02 Å². The Morgan fingerprint density at radius 2 is 1.90 bits per heavy atom. The first-order valence-corrected chi connectivity index (χ1v) is 8.63. The Labute approximate surface area is 131 Å². The van der Waals surface area contributed by atoms with E-state index in [0.29, 0.717) is 21.6 Å². The van der Waals surface area contributed by atoms with Crippen molar-refractivity contribution in [2.24, 2.45) is 0 Å². The van der Waals surface area contributed by atoms with Gasteiger partial charge in [0.05, 0.1) is 11.4 Å². The van der Waals surface area contributed by atoms with Crippen molar-refractivity contribution in [2.45, 2.75) is 6.42 Å². The number of aryl methyl sites for hydroxylation is 1. The first kappa shape index (κ1) is 15.3. The monoisotopic (exact) mass is 374 g/mol. The Morgan fingerprint density at radius 3 is 2.55 bits per heavy atom. The topological polar surface area (TPSA) is 59.1 Å². The molecule has 0 aliphatic heterocycles. The molecule has 1 aromatic heterocycles. The summed E-state index contributed by atoms with van der Waals surface area (Å²) in [7, 11) is -3.41. The predicted molar refractivity (Wildman–Crippen MR) is 84.5 cm³/mol. The number of benzene rings is 1. The van der Waals surface area contributed by atoms with Crippen molar-refractivity contribution in [1.29, 1.82) is 0 Å². The van der Waals surface area contributed by atoms with Crippen LogP contribution in [0.3, 0.4) is 0 Å². The van der Waals surface area contributed by atoms with E-state index in [9.17, 15) is 8.42 Å². The van der Waals surface area contributed by atoms with Crippen molar-refractivity contribution in [1.82, 2.24) is 4.98 Å². The van der Waals surface area contributed by atoms with Crippen LogP contribution in [0, 0.1) is 0 Å². The van der Waals surface area contributed by atoms with Crippen LogP contribution in [0.5, 0.6) is 0 Å². The highest BCUT2D eigenvalue weighted by Crippen LogP contribution is 2.26. The average molecular weight is 376 g/mol. The van der Waals surface area contributed by atoms with Gasteiger partial charge in [-0.1, -0.05) is 11.6 Å². The second kappa shape index (κ2) is 6.56. The van der Waals surface area contributed by atoms with Gasteiger partial charge in [0.15, 0.2) is 0 Å². The van der Waals surface area contributed by atoms with Crippen molar-refractivity contribution in [3.63, 3.8) is 0 Å². The lowest BCUT2D eigenvalue weighted by Gasteiger charge is -2.10. The van der Waals surface area contributed by atoms with Crippen LogP contribution in [0.1, 0.15) is 5.56 Å². The van der Waals surface area contributed by atoms with E-state index in [1.54, 1.807) is 42.7 Å². The summed E-state index contributed by atoms with van der Waals surface area (Å²) < 4.78 is 27.2. The number of aromatic nitrogens is 1. The predicted octanol–water partition coefficient (Wildman–Crippen LogP) is 3.48. The first-order chi connectivity index (χ1) is 9.46. The Balaban J connectivity index is 2.04. The third-order valence-electron chi connectivity index (χ3n) is 2.61. The van der Waals surface area contributed by atoms with E-state index in [1.165, 1.54) is 0 Å². The van der Waals surface area contributed by atoms with Crippen molar-refractivity contribution in [3.05, 3.63) is 57.8 Å². The number of nitrogens with zero attached hydrogens (tertiary/aromatic N) is 1. The maximum atomic E-state index is 12.0. The molecule has 106 valence electrons. The van der Waals surface area contributed by atoms with Crippen LogP contribution < -0.4 is 4.72 Å². The largest absolute Gasteiger partial charge is 0.282 e. The molecule has 2 rings (SSSR count).